The SMILES string of the molecule is CSCCC(C(=O)O)N1C(=O)/C(=C/c2ccc(C(C)C)cc2)SC1=S. The molecule has 2 rings (SSSR count). The molecule has 1 atom stereocenters. The second-order valence-electron chi connectivity index (χ2n) is 6.01. The smallest absolute Gasteiger partial charge is 0.326 e. The first-order chi connectivity index (χ1) is 11.8. The zero-order valence-corrected chi connectivity index (χ0v) is 16.8. The van der Waals surface area contributed by atoms with Crippen LogP contribution in [0.1, 0.15) is 37.3 Å². The molecule has 1 aliphatic rings. The fraction of sp³-hybridized carbons (Fsp3) is 0.389. The number of rotatable bonds is 7. The van der Waals surface area contributed by atoms with Crippen molar-refractivity contribution in [1.29, 1.82) is 0 Å². The van der Waals surface area contributed by atoms with Crippen LogP contribution in [0.2, 0.25) is 0 Å². The number of nitrogens with zero attached hydrogens (tertiary/aromatic N) is 1. The van der Waals surface area contributed by atoms with Crippen LogP contribution in [0.5, 0.6) is 0 Å². The first-order valence-electron chi connectivity index (χ1n) is 7.94. The molecule has 1 heterocycles. The van der Waals surface area contributed by atoms with Gasteiger partial charge in [-0.3, -0.25) is 9.69 Å². The van der Waals surface area contributed by atoms with Crippen molar-refractivity contribution in [2.75, 3.05) is 12.0 Å². The van der Waals surface area contributed by atoms with Crippen LogP contribution >= 0.6 is 35.7 Å². The Labute approximate surface area is 162 Å². The van der Waals surface area contributed by atoms with Crippen LogP contribution in [0.4, 0.5) is 0 Å². The van der Waals surface area contributed by atoms with Gasteiger partial charge in [0.05, 0.1) is 4.91 Å². The summed E-state index contributed by atoms with van der Waals surface area (Å²) in [7, 11) is 0. The summed E-state index contributed by atoms with van der Waals surface area (Å²) in [6, 6.07) is 7.09. The van der Waals surface area contributed by atoms with Gasteiger partial charge < -0.3 is 5.11 Å². The highest BCUT2D eigenvalue weighted by Crippen LogP contribution is 2.35. The maximum absolute atomic E-state index is 12.7. The van der Waals surface area contributed by atoms with Gasteiger partial charge in [0, 0.05) is 0 Å². The van der Waals surface area contributed by atoms with Crippen LogP contribution in [0.25, 0.3) is 6.08 Å². The van der Waals surface area contributed by atoms with Crippen molar-refractivity contribution in [3.63, 3.8) is 0 Å². The maximum atomic E-state index is 12.7. The Balaban J connectivity index is 2.23. The topological polar surface area (TPSA) is 57.6 Å². The van der Waals surface area contributed by atoms with Gasteiger partial charge in [-0.1, -0.05) is 62.1 Å². The molecule has 7 heteroatoms. The van der Waals surface area contributed by atoms with Crippen LogP contribution in [0.3, 0.4) is 0 Å². The predicted molar refractivity (Wildman–Crippen MR) is 110 cm³/mol. The number of carboxylic acids is 1. The molecule has 0 aliphatic carbocycles. The zero-order valence-electron chi connectivity index (χ0n) is 14.4. The summed E-state index contributed by atoms with van der Waals surface area (Å²) in [4.78, 5) is 26.0. The first kappa shape index (κ1) is 20.0. The molecule has 0 bridgehead atoms. The molecule has 1 saturated heterocycles. The number of carbonyl (C=O) groups is 2. The van der Waals surface area contributed by atoms with Crippen LogP contribution in [-0.4, -0.2) is 44.3 Å². The number of thiocarbonyl (C=S) groups is 1. The molecule has 0 spiro atoms. The molecule has 1 N–H and O–H groups in total. The van der Waals surface area contributed by atoms with Crippen LogP contribution in [0, 0.1) is 0 Å². The molecule has 4 nitrogen and oxygen atoms in total. The van der Waals surface area contributed by atoms with Gasteiger partial charge >= 0.3 is 5.97 Å². The van der Waals surface area contributed by atoms with Crippen molar-refractivity contribution in [1.82, 2.24) is 4.90 Å². The van der Waals surface area contributed by atoms with E-state index in [1.54, 1.807) is 17.8 Å². The average molecular weight is 396 g/mol. The van der Waals surface area contributed by atoms with E-state index < -0.39 is 12.0 Å². The lowest BCUT2D eigenvalue weighted by Crippen LogP contribution is -2.44. The number of benzene rings is 1. The third-order valence-corrected chi connectivity index (χ3v) is 5.89. The van der Waals surface area contributed by atoms with Crippen molar-refractivity contribution in [2.24, 2.45) is 0 Å². The van der Waals surface area contributed by atoms with Gasteiger partial charge in [-0.25, -0.2) is 4.79 Å². The van der Waals surface area contributed by atoms with E-state index in [1.165, 1.54) is 22.2 Å². The van der Waals surface area contributed by atoms with E-state index in [9.17, 15) is 14.7 Å². The molecule has 1 aromatic rings. The summed E-state index contributed by atoms with van der Waals surface area (Å²) >= 11 is 7.98. The Kier molecular flexibility index (Phi) is 7.10. The predicted octanol–water partition coefficient (Wildman–Crippen LogP) is 4.22. The van der Waals surface area contributed by atoms with Gasteiger partial charge in [0.2, 0.25) is 0 Å². The highest BCUT2D eigenvalue weighted by atomic mass is 32.2. The number of carboxylic acid groups (broad SMARTS) is 1. The van der Waals surface area contributed by atoms with E-state index in [4.69, 9.17) is 12.2 Å². The minimum absolute atomic E-state index is 0.309. The standard InChI is InChI=1S/C18H21NO3S3/c1-11(2)13-6-4-12(5-7-13)10-15-16(20)19(18(23)25-15)14(17(21)22)8-9-24-3/h4-7,10-11,14H,8-9H2,1-3H3,(H,21,22)/b15-10-. The Hall–Kier alpha value is -1.31. The third kappa shape index (κ3) is 4.86. The van der Waals surface area contributed by atoms with Gasteiger partial charge in [0.1, 0.15) is 10.4 Å². The van der Waals surface area contributed by atoms with E-state index in [-0.39, 0.29) is 5.91 Å². The molecule has 25 heavy (non-hydrogen) atoms. The Morgan fingerprint density at radius 2 is 2.00 bits per heavy atom. The van der Waals surface area contributed by atoms with Gasteiger partial charge in [-0.05, 0) is 41.6 Å². The number of thioether (sulfide) groups is 2. The minimum atomic E-state index is -1.02. The first-order valence-corrected chi connectivity index (χ1v) is 10.6. The molecular weight excluding hydrogens is 374 g/mol. The van der Waals surface area contributed by atoms with Crippen LogP contribution < -0.4 is 0 Å². The molecule has 1 unspecified atom stereocenters. The van der Waals surface area contributed by atoms with E-state index >= 15 is 0 Å². The molecule has 1 amide bonds. The summed E-state index contributed by atoms with van der Waals surface area (Å²) in [5.41, 5.74) is 2.13. The third-order valence-electron chi connectivity index (χ3n) is 3.92. The summed E-state index contributed by atoms with van der Waals surface area (Å²) in [5.74, 6) is -0.242. The Morgan fingerprint density at radius 1 is 1.36 bits per heavy atom. The Morgan fingerprint density at radius 3 is 2.52 bits per heavy atom. The lowest BCUT2D eigenvalue weighted by molar-refractivity contribution is -0.145. The second-order valence-corrected chi connectivity index (χ2v) is 8.67. The summed E-state index contributed by atoms with van der Waals surface area (Å²) in [5, 5.41) is 9.46. The fourth-order valence-electron chi connectivity index (χ4n) is 2.47. The van der Waals surface area contributed by atoms with Gasteiger partial charge in [0.15, 0.2) is 0 Å². The molecule has 0 saturated carbocycles. The minimum Gasteiger partial charge on any atom is -0.480 e. The highest BCUT2D eigenvalue weighted by molar-refractivity contribution is 8.26. The summed E-state index contributed by atoms with van der Waals surface area (Å²) < 4.78 is 0.309. The maximum Gasteiger partial charge on any atom is 0.326 e. The van der Waals surface area contributed by atoms with Crippen molar-refractivity contribution < 1.29 is 14.7 Å². The number of hydrogen-bond donors (Lipinski definition) is 1. The average Bonchev–Trinajstić information content (AvgIpc) is 2.83. The van der Waals surface area contributed by atoms with E-state index in [2.05, 4.69) is 13.8 Å². The molecule has 1 aromatic carbocycles. The highest BCUT2D eigenvalue weighted by Gasteiger charge is 2.40. The lowest BCUT2D eigenvalue weighted by Gasteiger charge is -2.22. The van der Waals surface area contributed by atoms with E-state index in [0.717, 1.165) is 5.56 Å². The van der Waals surface area contributed by atoms with Crippen molar-refractivity contribution >= 4 is 58.0 Å². The van der Waals surface area contributed by atoms with Gasteiger partial charge in [0.25, 0.3) is 5.91 Å². The van der Waals surface area contributed by atoms with Crippen molar-refractivity contribution in [3.05, 3.63) is 40.3 Å². The lowest BCUT2D eigenvalue weighted by atomic mass is 10.0. The number of aliphatic carboxylic acids is 1. The molecule has 0 aromatic heterocycles. The van der Waals surface area contributed by atoms with Gasteiger partial charge in [-0.2, -0.15) is 11.8 Å². The zero-order chi connectivity index (χ0) is 18.6. The van der Waals surface area contributed by atoms with Crippen molar-refractivity contribution in [2.45, 2.75) is 32.2 Å². The molecule has 0 radical (unpaired) electrons. The quantitative estimate of drug-likeness (QED) is 0.551. The molecule has 1 aliphatic heterocycles. The molecular formula is C18H21NO3S3. The second kappa shape index (κ2) is 8.87. The fourth-order valence-corrected chi connectivity index (χ4v) is 4.29. The van der Waals surface area contributed by atoms with Crippen LogP contribution in [0.15, 0.2) is 29.2 Å². The number of amides is 1. The summed E-state index contributed by atoms with van der Waals surface area (Å²) in [6.07, 6.45) is 4.06. The van der Waals surface area contributed by atoms with E-state index in [1.807, 2.05) is 30.5 Å². The van der Waals surface area contributed by atoms with Gasteiger partial charge in [-0.15, -0.1) is 0 Å². The molecule has 1 fully saturated rings. The number of carbonyl (C=O) groups excluding carboxylic acids is 1. The van der Waals surface area contributed by atoms with Crippen LogP contribution in [-0.2, 0) is 9.59 Å². The monoisotopic (exact) mass is 395 g/mol. The largest absolute Gasteiger partial charge is 0.480 e. The van der Waals surface area contributed by atoms with E-state index in [0.29, 0.717) is 27.3 Å². The van der Waals surface area contributed by atoms with Crippen molar-refractivity contribution in [3.8, 4) is 0 Å². The Bertz CT molecular complexity index is 698. The molecule has 134 valence electrons. The summed E-state index contributed by atoms with van der Waals surface area (Å²) in [6.45, 7) is 4.25. The normalized spacial score (nSPS) is 17.6. The number of hydrogen-bond acceptors (Lipinski definition) is 5.